The van der Waals surface area contributed by atoms with Crippen LogP contribution in [-0.4, -0.2) is 48.6 Å². The summed E-state index contributed by atoms with van der Waals surface area (Å²) in [5, 5.41) is 6.02. The summed E-state index contributed by atoms with van der Waals surface area (Å²) < 4.78 is 0. The Bertz CT molecular complexity index is 6280. The molecule has 0 saturated heterocycles. The Morgan fingerprint density at radius 2 is 0.193 bits per heavy atom. The second-order valence-electron chi connectivity index (χ2n) is 30.9. The van der Waals surface area contributed by atoms with Gasteiger partial charge in [0, 0.05) is 66.8 Å². The number of fused-ring (bicyclic) bond motifs is 4. The highest BCUT2D eigenvalue weighted by atomic mass is 16.1. The molecule has 0 N–H and O–H groups in total. The quantitative estimate of drug-likeness (QED) is 0.0403. The molecule has 16 nitrogen and oxygen atoms in total. The minimum absolute atomic E-state index is 0.309. The minimum atomic E-state index is 0.309. The zero-order valence-corrected chi connectivity index (χ0v) is 75.7. The first-order valence-corrected chi connectivity index (χ1v) is 44.6. The van der Waals surface area contributed by atoms with Crippen LogP contribution in [0.4, 0.5) is 45.5 Å². The van der Waals surface area contributed by atoms with Crippen LogP contribution in [0.1, 0.15) is 90.4 Å². The zero-order chi connectivity index (χ0) is 97.2. The molecule has 0 aliphatic heterocycles. The molecule has 0 aliphatic carbocycles. The van der Waals surface area contributed by atoms with Gasteiger partial charge in [0.15, 0.2) is 0 Å². The fourth-order valence-corrected chi connectivity index (χ4v) is 16.3. The molecule has 0 bridgehead atoms. The van der Waals surface area contributed by atoms with E-state index in [0.717, 1.165) is 43.1 Å². The van der Waals surface area contributed by atoms with Gasteiger partial charge in [-0.3, -0.25) is 0 Å². The molecule has 0 atom stereocenters. The predicted octanol–water partition coefficient (Wildman–Crippen LogP) is 30.6. The Morgan fingerprint density at radius 1 is 0.107 bits per heavy atom. The van der Waals surface area contributed by atoms with Gasteiger partial charge in [-0.25, -0.2) is 38.4 Å². The largest absolute Gasteiger partial charge is 0.240 e. The summed E-state index contributed by atoms with van der Waals surface area (Å²) in [5.41, 5.74) is 20.1. The summed E-state index contributed by atoms with van der Waals surface area (Å²) in [6, 6.07) is 170. The number of aliphatic imine (C=N–C) groups is 8. The van der Waals surface area contributed by atoms with Crippen LogP contribution in [0.2, 0.25) is 0 Å². The molecule has 672 valence electrons. The average molecular weight is 1820 g/mol. The normalized spacial score (nSPS) is 9.97. The molecule has 0 aromatic heterocycles. The smallest absolute Gasteiger partial charge is 0.211 e. The van der Waals surface area contributed by atoms with Crippen LogP contribution in [0.25, 0.3) is 43.1 Å². The van der Waals surface area contributed by atoms with Gasteiger partial charge in [0.05, 0.1) is 45.5 Å². The van der Waals surface area contributed by atoms with Gasteiger partial charge in [0.25, 0.3) is 0 Å². The molecular formula is C124H88N8O8. The molecule has 16 heteroatoms. The van der Waals surface area contributed by atoms with Gasteiger partial charge in [-0.2, -0.15) is 39.9 Å². The lowest BCUT2D eigenvalue weighted by atomic mass is 9.85. The molecule has 0 amide bonds. The van der Waals surface area contributed by atoms with E-state index in [9.17, 15) is 38.4 Å². The third kappa shape index (κ3) is 27.4. The number of hydrogen-bond donors (Lipinski definition) is 0. The first kappa shape index (κ1) is 98.0. The summed E-state index contributed by atoms with van der Waals surface area (Å²) in [5.74, 6) is 1.24. The maximum Gasteiger partial charge on any atom is 0.240 e. The second kappa shape index (κ2) is 53.9. The van der Waals surface area contributed by atoms with Crippen molar-refractivity contribution in [2.45, 2.75) is 23.7 Å². The number of carbonyl (C=O) groups excluding carboxylic acids is 8. The molecular weight excluding hydrogens is 1730 g/mol. The summed E-state index contributed by atoms with van der Waals surface area (Å²) in [7, 11) is 0. The molecule has 0 unspecified atom stereocenters. The van der Waals surface area contributed by atoms with Gasteiger partial charge in [0.1, 0.15) is 0 Å². The highest BCUT2D eigenvalue weighted by molar-refractivity contribution is 6.03. The van der Waals surface area contributed by atoms with Gasteiger partial charge >= 0.3 is 0 Å². The molecule has 140 heavy (non-hydrogen) atoms. The van der Waals surface area contributed by atoms with Crippen molar-refractivity contribution in [2.75, 3.05) is 0 Å². The van der Waals surface area contributed by atoms with Gasteiger partial charge < -0.3 is 0 Å². The Kier molecular flexibility index (Phi) is 37.7. The summed E-state index contributed by atoms with van der Waals surface area (Å²) in [4.78, 5) is 111. The lowest BCUT2D eigenvalue weighted by molar-refractivity contribution is 0.564. The van der Waals surface area contributed by atoms with E-state index < -0.39 is 0 Å². The van der Waals surface area contributed by atoms with Crippen molar-refractivity contribution in [1.82, 2.24) is 0 Å². The van der Waals surface area contributed by atoms with Crippen molar-refractivity contribution in [3.8, 4) is 0 Å². The molecule has 0 heterocycles. The fraction of sp³-hybridized carbons (Fsp3) is 0.0323. The van der Waals surface area contributed by atoms with Gasteiger partial charge in [-0.15, -0.1) is 0 Å². The van der Waals surface area contributed by atoms with Crippen molar-refractivity contribution in [1.29, 1.82) is 0 Å². The van der Waals surface area contributed by atoms with E-state index in [1.165, 1.54) is 115 Å². The monoisotopic (exact) mass is 1820 g/mol. The van der Waals surface area contributed by atoms with Gasteiger partial charge in [-0.05, 0) is 115 Å². The molecule has 0 fully saturated rings. The minimum Gasteiger partial charge on any atom is -0.211 e. The lowest BCUT2D eigenvalue weighted by Gasteiger charge is -2.18. The van der Waals surface area contributed by atoms with Crippen molar-refractivity contribution < 1.29 is 38.4 Å². The number of rotatable bonds is 20. The number of benzene rings is 20. The molecule has 0 aliphatic rings. The molecule has 20 rings (SSSR count). The molecule has 0 radical (unpaired) electrons. The van der Waals surface area contributed by atoms with Crippen LogP contribution in [0.5, 0.6) is 0 Å². The second-order valence-corrected chi connectivity index (χ2v) is 30.9. The number of nitrogens with zero attached hydrogens (tertiary/aromatic N) is 8. The maximum absolute atomic E-state index is 10.3. The topological polar surface area (TPSA) is 235 Å². The Labute approximate surface area is 810 Å². The fourth-order valence-electron chi connectivity index (χ4n) is 16.3. The summed E-state index contributed by atoms with van der Waals surface area (Å²) in [6.45, 7) is 0. The zero-order valence-electron chi connectivity index (χ0n) is 75.7. The van der Waals surface area contributed by atoms with Crippen LogP contribution in [0.15, 0.2) is 550 Å². The molecule has 0 saturated carbocycles. The van der Waals surface area contributed by atoms with E-state index in [-0.39, 0.29) is 0 Å². The van der Waals surface area contributed by atoms with E-state index in [1.807, 2.05) is 0 Å². The molecule has 20 aromatic carbocycles. The van der Waals surface area contributed by atoms with E-state index in [0.29, 0.717) is 69.2 Å². The third-order valence-corrected chi connectivity index (χ3v) is 22.4. The number of hydrogen-bond acceptors (Lipinski definition) is 16. The molecule has 0 spiro atoms. The number of isocyanates is 8. The van der Waals surface area contributed by atoms with Crippen LogP contribution >= 0.6 is 0 Å². The van der Waals surface area contributed by atoms with Crippen LogP contribution < -0.4 is 0 Å². The van der Waals surface area contributed by atoms with E-state index >= 15 is 0 Å². The van der Waals surface area contributed by atoms with E-state index in [4.69, 9.17) is 0 Å². The molecule has 20 aromatic rings. The highest BCUT2D eigenvalue weighted by Gasteiger charge is 2.21. The van der Waals surface area contributed by atoms with Crippen LogP contribution in [0.3, 0.4) is 0 Å². The first-order chi connectivity index (χ1) is 69.3. The van der Waals surface area contributed by atoms with E-state index in [1.54, 1.807) is 146 Å². The van der Waals surface area contributed by atoms with Crippen molar-refractivity contribution in [3.05, 3.63) is 576 Å². The highest BCUT2D eigenvalue weighted by Crippen LogP contribution is 2.40. The Balaban J connectivity index is 0.000000135. The summed E-state index contributed by atoms with van der Waals surface area (Å²) >= 11 is 0. The SMILES string of the molecule is O=C=Nc1cccc2c(N=C=O)cccc12.O=C=Nc1cccc2c(N=C=O)cccc12.O=C=Nc1cccc2c(N=C=O)cccc12.O=C=Nc1cccc2c(N=C=O)cccc12.c1ccc(C(c2ccccc2)c2ccccc2)cc1.c1ccc(C(c2ccccc2)c2ccccc2)cc1.c1ccc(C(c2ccccc2)c2ccccc2)cc1.c1ccc(C(c2ccccc2)c2ccccc2)cc1. The third-order valence-electron chi connectivity index (χ3n) is 22.4. The van der Waals surface area contributed by atoms with Gasteiger partial charge in [-0.1, -0.05) is 461 Å². The average Bonchev–Trinajstić information content (AvgIpc) is 0.800. The van der Waals surface area contributed by atoms with Crippen molar-refractivity contribution in [2.24, 2.45) is 39.9 Å². The van der Waals surface area contributed by atoms with Crippen molar-refractivity contribution >= 4 is 137 Å². The maximum atomic E-state index is 10.3. The van der Waals surface area contributed by atoms with Crippen molar-refractivity contribution in [3.63, 3.8) is 0 Å². The van der Waals surface area contributed by atoms with Crippen LogP contribution in [0, 0.1) is 0 Å². The standard InChI is InChI=1S/4C19H16.4C12H6N2O2/c4*1-4-10-16(11-5-1)19(17-12-6-2-7-13-17)18-14-8-3-9-15-18;4*15-7-13-11-5-1-3-9-10(11)4-2-6-12(9)14-8-16/h4*1-15,19H;4*1-6H. The predicted molar refractivity (Wildman–Crippen MR) is 559 cm³/mol. The van der Waals surface area contributed by atoms with E-state index in [2.05, 4.69) is 404 Å². The van der Waals surface area contributed by atoms with Crippen LogP contribution in [-0.2, 0) is 38.4 Å². The first-order valence-electron chi connectivity index (χ1n) is 44.6. The lowest BCUT2D eigenvalue weighted by Crippen LogP contribution is -2.02. The van der Waals surface area contributed by atoms with Gasteiger partial charge in [0.2, 0.25) is 48.6 Å². The summed E-state index contributed by atoms with van der Waals surface area (Å²) in [6.07, 6.45) is 12.0. The Hall–Kier alpha value is -19.5. The Morgan fingerprint density at radius 3 is 0.271 bits per heavy atom.